The summed E-state index contributed by atoms with van der Waals surface area (Å²) in [6.45, 7) is 2.22. The average molecular weight is 296 g/mol. The molecule has 2 heteroatoms. The van der Waals surface area contributed by atoms with E-state index in [9.17, 15) is 10.5 Å². The van der Waals surface area contributed by atoms with Gasteiger partial charge in [-0.1, -0.05) is 49.4 Å². The van der Waals surface area contributed by atoms with Crippen LogP contribution in [0.15, 0.2) is 48.5 Å². The van der Waals surface area contributed by atoms with Crippen LogP contribution in [0.3, 0.4) is 0 Å². The van der Waals surface area contributed by atoms with Gasteiger partial charge >= 0.3 is 0 Å². The summed E-state index contributed by atoms with van der Waals surface area (Å²) >= 11 is 0. The molecule has 23 heavy (non-hydrogen) atoms. The lowest BCUT2D eigenvalue weighted by molar-refractivity contribution is 0.508. The van der Waals surface area contributed by atoms with Crippen molar-refractivity contribution in [1.29, 1.82) is 10.5 Å². The summed E-state index contributed by atoms with van der Waals surface area (Å²) in [5, 5.41) is 19.0. The van der Waals surface area contributed by atoms with Gasteiger partial charge in [0.1, 0.15) is 0 Å². The minimum Gasteiger partial charge on any atom is -0.192 e. The smallest absolute Gasteiger partial charge is 0.0998 e. The Balaban J connectivity index is 1.94. The lowest BCUT2D eigenvalue weighted by Crippen LogP contribution is -2.24. The van der Waals surface area contributed by atoms with E-state index in [4.69, 9.17) is 0 Å². The van der Waals surface area contributed by atoms with Crippen molar-refractivity contribution in [2.75, 3.05) is 0 Å². The maximum Gasteiger partial charge on any atom is 0.0998 e. The van der Waals surface area contributed by atoms with Crippen LogP contribution in [-0.2, 0) is 5.41 Å². The average Bonchev–Trinajstić information content (AvgIpc) is 3.34. The van der Waals surface area contributed by atoms with Crippen LogP contribution >= 0.6 is 0 Å². The molecule has 0 heterocycles. The topological polar surface area (TPSA) is 47.6 Å². The molecule has 0 bridgehead atoms. The van der Waals surface area contributed by atoms with Crippen LogP contribution in [0.2, 0.25) is 0 Å². The highest BCUT2D eigenvalue weighted by Crippen LogP contribution is 2.67. The monoisotopic (exact) mass is 296 g/mol. The lowest BCUT2D eigenvalue weighted by atomic mass is 9.72. The van der Waals surface area contributed by atoms with Crippen molar-refractivity contribution in [3.8, 4) is 12.1 Å². The summed E-state index contributed by atoms with van der Waals surface area (Å²) in [4.78, 5) is 0. The molecular weight excluding hydrogens is 280 g/mol. The van der Waals surface area contributed by atoms with E-state index in [1.807, 2.05) is 18.2 Å². The fourth-order valence-corrected chi connectivity index (χ4v) is 4.28. The first-order valence-electron chi connectivity index (χ1n) is 7.93. The summed E-state index contributed by atoms with van der Waals surface area (Å²) in [5.74, 6) is 0.782. The minimum absolute atomic E-state index is 0.0383. The van der Waals surface area contributed by atoms with Gasteiger partial charge in [-0.25, -0.2) is 0 Å². The van der Waals surface area contributed by atoms with Crippen LogP contribution < -0.4 is 0 Å². The van der Waals surface area contributed by atoms with E-state index in [1.54, 1.807) is 6.07 Å². The Bertz CT molecular complexity index is 896. The number of rotatable bonds is 1. The summed E-state index contributed by atoms with van der Waals surface area (Å²) in [7, 11) is 0. The van der Waals surface area contributed by atoms with Crippen LogP contribution in [0.1, 0.15) is 47.1 Å². The molecule has 4 rings (SSSR count). The zero-order valence-corrected chi connectivity index (χ0v) is 13.0. The van der Waals surface area contributed by atoms with E-state index >= 15 is 0 Å². The van der Waals surface area contributed by atoms with Gasteiger partial charge in [-0.15, -0.1) is 0 Å². The number of nitrogens with zero attached hydrogens (tertiary/aromatic N) is 2. The molecule has 2 aliphatic carbocycles. The van der Waals surface area contributed by atoms with E-state index in [-0.39, 0.29) is 5.41 Å². The van der Waals surface area contributed by atoms with Gasteiger partial charge in [0.15, 0.2) is 0 Å². The Morgan fingerprint density at radius 3 is 2.39 bits per heavy atom. The number of allylic oxidation sites excluding steroid dienone is 1. The third kappa shape index (κ3) is 1.79. The third-order valence-electron chi connectivity index (χ3n) is 5.52. The molecule has 2 aromatic carbocycles. The number of nitriles is 2. The highest BCUT2D eigenvalue weighted by atomic mass is 14.6. The second kappa shape index (κ2) is 4.83. The second-order valence-electron chi connectivity index (χ2n) is 6.53. The molecular formula is C21H16N2. The highest BCUT2D eigenvalue weighted by Gasteiger charge is 2.60. The quantitative estimate of drug-likeness (QED) is 0.777. The largest absolute Gasteiger partial charge is 0.192 e. The van der Waals surface area contributed by atoms with Gasteiger partial charge in [0.2, 0.25) is 0 Å². The Morgan fingerprint density at radius 1 is 1.00 bits per heavy atom. The third-order valence-corrected chi connectivity index (χ3v) is 5.52. The molecule has 3 unspecified atom stereocenters. The molecule has 2 aliphatic rings. The maximum atomic E-state index is 9.60. The van der Waals surface area contributed by atoms with E-state index in [0.717, 1.165) is 17.5 Å². The minimum atomic E-state index is -0.0383. The van der Waals surface area contributed by atoms with Crippen LogP contribution in [0, 0.1) is 28.6 Å². The summed E-state index contributed by atoms with van der Waals surface area (Å²) in [6.07, 6.45) is 5.28. The summed E-state index contributed by atoms with van der Waals surface area (Å²) in [6, 6.07) is 18.7. The van der Waals surface area contributed by atoms with Gasteiger partial charge in [-0.2, -0.15) is 10.5 Å². The summed E-state index contributed by atoms with van der Waals surface area (Å²) in [5.41, 5.74) is 4.70. The molecule has 2 nitrogen and oxygen atoms in total. The highest BCUT2D eigenvalue weighted by molar-refractivity contribution is 5.72. The molecule has 2 aromatic rings. The van der Waals surface area contributed by atoms with Crippen molar-refractivity contribution < 1.29 is 0 Å². The number of benzene rings is 2. The SMILES string of the molecule is CC1C=Cc2c(C#N)ccc(C#N)c2C12CC2c1ccccc1. The van der Waals surface area contributed by atoms with Crippen molar-refractivity contribution >= 4 is 6.08 Å². The van der Waals surface area contributed by atoms with Crippen molar-refractivity contribution in [3.05, 3.63) is 76.4 Å². The van der Waals surface area contributed by atoms with Gasteiger partial charge in [-0.05, 0) is 47.1 Å². The van der Waals surface area contributed by atoms with E-state index < -0.39 is 0 Å². The molecule has 3 atom stereocenters. The zero-order valence-electron chi connectivity index (χ0n) is 13.0. The van der Waals surface area contributed by atoms with Gasteiger partial charge in [0.25, 0.3) is 0 Å². The number of fused-ring (bicyclic) bond motifs is 2. The molecule has 0 aliphatic heterocycles. The van der Waals surface area contributed by atoms with E-state index in [2.05, 4.69) is 49.4 Å². The molecule has 0 amide bonds. The molecule has 0 N–H and O–H groups in total. The second-order valence-corrected chi connectivity index (χ2v) is 6.53. The normalized spacial score (nSPS) is 27.1. The summed E-state index contributed by atoms with van der Waals surface area (Å²) < 4.78 is 0. The van der Waals surface area contributed by atoms with Gasteiger partial charge in [0, 0.05) is 5.41 Å². The van der Waals surface area contributed by atoms with E-state index in [0.29, 0.717) is 23.0 Å². The van der Waals surface area contributed by atoms with Crippen LogP contribution in [0.5, 0.6) is 0 Å². The van der Waals surface area contributed by atoms with Gasteiger partial charge in [0.05, 0.1) is 23.3 Å². The Morgan fingerprint density at radius 2 is 1.70 bits per heavy atom. The van der Waals surface area contributed by atoms with Crippen molar-refractivity contribution in [2.24, 2.45) is 5.92 Å². The zero-order chi connectivity index (χ0) is 16.0. The Labute approximate surface area is 136 Å². The predicted molar refractivity (Wildman–Crippen MR) is 89.5 cm³/mol. The fraction of sp³-hybridized carbons (Fsp3) is 0.238. The lowest BCUT2D eigenvalue weighted by Gasteiger charge is -2.30. The first-order valence-corrected chi connectivity index (χ1v) is 7.93. The standard InChI is InChI=1S/C21H16N2/c1-14-7-10-18-16(12-22)8-9-17(13-23)20(18)21(14)11-19(21)15-5-3-2-4-6-15/h2-10,14,19H,11H2,1H3. The molecule has 0 aromatic heterocycles. The first-order chi connectivity index (χ1) is 11.2. The van der Waals surface area contributed by atoms with Gasteiger partial charge in [-0.3, -0.25) is 0 Å². The van der Waals surface area contributed by atoms with Crippen molar-refractivity contribution in [3.63, 3.8) is 0 Å². The van der Waals surface area contributed by atoms with Crippen molar-refractivity contribution in [1.82, 2.24) is 0 Å². The molecule has 0 radical (unpaired) electrons. The molecule has 0 saturated heterocycles. The molecule has 110 valence electrons. The van der Waals surface area contributed by atoms with Crippen LogP contribution in [-0.4, -0.2) is 0 Å². The maximum absolute atomic E-state index is 9.60. The molecule has 1 saturated carbocycles. The Kier molecular flexibility index (Phi) is 2.90. The fourth-order valence-electron chi connectivity index (χ4n) is 4.28. The predicted octanol–water partition coefficient (Wildman–Crippen LogP) is 4.52. The Hall–Kier alpha value is -2.84. The first kappa shape index (κ1) is 13.8. The number of hydrogen-bond donors (Lipinski definition) is 0. The van der Waals surface area contributed by atoms with Crippen LogP contribution in [0.25, 0.3) is 6.08 Å². The van der Waals surface area contributed by atoms with E-state index in [1.165, 1.54) is 5.56 Å². The van der Waals surface area contributed by atoms with Gasteiger partial charge < -0.3 is 0 Å². The number of hydrogen-bond acceptors (Lipinski definition) is 2. The molecule has 1 spiro atoms. The van der Waals surface area contributed by atoms with Crippen molar-refractivity contribution in [2.45, 2.75) is 24.7 Å². The van der Waals surface area contributed by atoms with Crippen LogP contribution in [0.4, 0.5) is 0 Å². The molecule has 1 fully saturated rings.